The fourth-order valence-electron chi connectivity index (χ4n) is 16.8. The Bertz CT molecular complexity index is 3940. The predicted molar refractivity (Wildman–Crippen MR) is 393 cm³/mol. The van der Waals surface area contributed by atoms with E-state index < -0.39 is 45.8 Å². The Morgan fingerprint density at radius 1 is 0.474 bits per heavy atom. The topological polar surface area (TPSA) is 142 Å². The predicted octanol–water partition coefficient (Wildman–Crippen LogP) is 16.4. The summed E-state index contributed by atoms with van der Waals surface area (Å²) in [5, 5.41) is 0. The van der Waals surface area contributed by atoms with E-state index in [2.05, 4.69) is 113 Å². The second-order valence-electron chi connectivity index (χ2n) is 31.4. The zero-order chi connectivity index (χ0) is 70.9. The summed E-state index contributed by atoms with van der Waals surface area (Å²) in [6, 6.07) is 48.1. The Hall–Kier alpha value is -7.31. The van der Waals surface area contributed by atoms with Crippen molar-refractivity contribution in [2.75, 3.05) is 47.2 Å². The lowest BCUT2D eigenvalue weighted by Gasteiger charge is -2.37. The third kappa shape index (κ3) is 12.7. The molecule has 0 aromatic heterocycles. The Morgan fingerprint density at radius 3 is 1.13 bits per heavy atom. The standard InChI is InChI=1S/C31H41BN2O5.C26H32N2O3.C22H26N2O.CH3Br/c1-20(2)25-31(17-18-33(25)27(36)37-28(3,4)5)23-15-10-11-16-24(23)34(26(31)35)22-14-12-13-21(19-22)32-38-29(6,7)30(8,9)39-32;1-17(2)22-26(14-15-27(22)24(30)31-25(4,5)6)20-12-7-8-13-21(20)28(23(26)29)19-11-9-10-18(3)16-19;1-15(2)20-22(12-13-23(20)4)18-10-5-6-11-19(18)24(21(22)25)17-9-7-8-16(3)14-17;1-2/h10-16,19-20,25H,17-18H2,1-9H3;7-13,16-17,22H,14-15H2,1-6H3;5-11,14-15,20H,12-13H2,1-4H3;1H3/t25-,31-;22-,26-;20-,22-;/m000./s1. The number of alkyl halides is 1. The number of anilines is 6. The molecule has 0 N–H and O–H groups in total. The quantitative estimate of drug-likeness (QED) is 0.112. The number of ether oxygens (including phenoxy) is 2. The summed E-state index contributed by atoms with van der Waals surface area (Å²) in [7, 11) is 1.62. The summed E-state index contributed by atoms with van der Waals surface area (Å²) < 4.78 is 24.1. The van der Waals surface area contributed by atoms with E-state index in [0.29, 0.717) is 31.8 Å². The number of likely N-dealkylation sites (tertiary alicyclic amines) is 3. The molecule has 0 bridgehead atoms. The first-order valence-corrected chi connectivity index (χ1v) is 36.2. The minimum absolute atomic E-state index is 0.0143. The van der Waals surface area contributed by atoms with Gasteiger partial charge in [-0.3, -0.25) is 29.1 Å². The smallest absolute Gasteiger partial charge is 0.444 e. The summed E-state index contributed by atoms with van der Waals surface area (Å²) >= 11 is 2.94. The molecule has 6 atom stereocenters. The van der Waals surface area contributed by atoms with Crippen LogP contribution in [0.2, 0.25) is 0 Å². The molecular weight excluding hydrogens is 1280 g/mol. The van der Waals surface area contributed by atoms with Crippen LogP contribution in [-0.4, -0.2) is 125 Å². The molecule has 0 aliphatic carbocycles. The molecule has 516 valence electrons. The molecule has 0 radical (unpaired) electrons. The third-order valence-corrected chi connectivity index (χ3v) is 21.0. The molecular formula is C80H102BBrN6O9. The van der Waals surface area contributed by atoms with E-state index in [4.69, 9.17) is 18.8 Å². The molecule has 15 nitrogen and oxygen atoms in total. The van der Waals surface area contributed by atoms with Gasteiger partial charge in [0.2, 0.25) is 17.7 Å². The summed E-state index contributed by atoms with van der Waals surface area (Å²) in [4.78, 5) is 80.7. The van der Waals surface area contributed by atoms with Crippen LogP contribution in [0.15, 0.2) is 146 Å². The molecule has 3 spiro atoms. The number of hydrogen-bond donors (Lipinski definition) is 0. The highest BCUT2D eigenvalue weighted by Gasteiger charge is 2.65. The first-order chi connectivity index (χ1) is 45.6. The van der Waals surface area contributed by atoms with E-state index in [1.165, 1.54) is 11.1 Å². The number of fused-ring (bicyclic) bond motifs is 6. The number of carbonyl (C=O) groups excluding carboxylic acids is 5. The first kappa shape index (κ1) is 72.4. The molecule has 0 unspecified atom stereocenters. The number of nitrogens with zero attached hydrogens (tertiary/aromatic N) is 6. The lowest BCUT2D eigenvalue weighted by molar-refractivity contribution is -0.124. The van der Waals surface area contributed by atoms with Gasteiger partial charge < -0.3 is 33.5 Å². The summed E-state index contributed by atoms with van der Waals surface area (Å²) in [6.07, 6.45) is 1.31. The summed E-state index contributed by atoms with van der Waals surface area (Å²) in [5.74, 6) is 2.62. The van der Waals surface area contributed by atoms with Gasteiger partial charge >= 0.3 is 19.3 Å². The number of para-hydroxylation sites is 3. The van der Waals surface area contributed by atoms with E-state index in [9.17, 15) is 24.0 Å². The minimum Gasteiger partial charge on any atom is -0.444 e. The summed E-state index contributed by atoms with van der Waals surface area (Å²) in [5.41, 5.74) is 7.53. The van der Waals surface area contributed by atoms with Crippen LogP contribution in [0.1, 0.15) is 158 Å². The van der Waals surface area contributed by atoms with Crippen LogP contribution in [-0.2, 0) is 49.4 Å². The van der Waals surface area contributed by atoms with Gasteiger partial charge in [0.15, 0.2) is 0 Å². The number of rotatable bonds is 7. The molecule has 4 saturated heterocycles. The third-order valence-electron chi connectivity index (χ3n) is 21.0. The monoisotopic (exact) mass is 1380 g/mol. The number of amides is 5. The van der Waals surface area contributed by atoms with Crippen LogP contribution < -0.4 is 20.2 Å². The molecule has 7 heterocycles. The molecule has 13 rings (SSSR count). The van der Waals surface area contributed by atoms with Crippen molar-refractivity contribution in [2.45, 2.75) is 201 Å². The molecule has 6 aromatic carbocycles. The van der Waals surface area contributed by atoms with Gasteiger partial charge in [-0.25, -0.2) is 9.59 Å². The highest BCUT2D eigenvalue weighted by Crippen LogP contribution is 2.58. The Kier molecular flexibility index (Phi) is 20.2. The first-order valence-electron chi connectivity index (χ1n) is 34.6. The van der Waals surface area contributed by atoms with E-state index in [1.54, 1.807) is 9.80 Å². The van der Waals surface area contributed by atoms with E-state index >= 15 is 0 Å². The van der Waals surface area contributed by atoms with Gasteiger partial charge in [0.25, 0.3) is 0 Å². The SMILES string of the molecule is CBr.CC(C)[C@@H]1N(C(=O)OC(C)(C)C)CC[C@@]12C(=O)N(c1cccc(B3OC(C)(C)C(C)(C)O3)c1)c1ccccc12.Cc1cccc(N2C(=O)[C@@]3(CCN(C(=O)OC(C)(C)C)[C@H]3C(C)C)c3ccccc32)c1.Cc1cccc(N2C(=O)[C@@]3(CCN(C)[C@H]3C(C)C)c3ccccc32)c1. The van der Waals surface area contributed by atoms with Crippen LogP contribution in [0.25, 0.3) is 0 Å². The summed E-state index contributed by atoms with van der Waals surface area (Å²) in [6.45, 7) is 38.2. The maximum atomic E-state index is 14.7. The number of carbonyl (C=O) groups is 5. The van der Waals surface area contributed by atoms with Crippen molar-refractivity contribution in [2.24, 2.45) is 17.8 Å². The Balaban J connectivity index is 0.000000160. The zero-order valence-electron chi connectivity index (χ0n) is 60.9. The average Bonchev–Trinajstić information content (AvgIpc) is 1.55. The lowest BCUT2D eigenvalue weighted by atomic mass is 9.71. The van der Waals surface area contributed by atoms with Crippen LogP contribution in [0.4, 0.5) is 43.7 Å². The van der Waals surface area contributed by atoms with Crippen molar-refractivity contribution in [3.05, 3.63) is 173 Å². The van der Waals surface area contributed by atoms with Crippen LogP contribution in [0.5, 0.6) is 0 Å². The van der Waals surface area contributed by atoms with Gasteiger partial charge in [0.05, 0.1) is 56.6 Å². The van der Waals surface area contributed by atoms with Crippen molar-refractivity contribution in [1.29, 1.82) is 0 Å². The van der Waals surface area contributed by atoms with Gasteiger partial charge in [0, 0.05) is 36.2 Å². The Morgan fingerprint density at radius 2 is 0.794 bits per heavy atom. The number of aryl methyl sites for hydroxylation is 2. The van der Waals surface area contributed by atoms with Crippen molar-refractivity contribution in [3.63, 3.8) is 0 Å². The molecule has 6 aromatic rings. The van der Waals surface area contributed by atoms with Gasteiger partial charge in [-0.2, -0.15) is 0 Å². The highest BCUT2D eigenvalue weighted by molar-refractivity contribution is 9.08. The molecule has 7 aliphatic heterocycles. The van der Waals surface area contributed by atoms with Gasteiger partial charge in [-0.1, -0.05) is 148 Å². The molecule has 7 aliphatic rings. The van der Waals surface area contributed by atoms with Crippen molar-refractivity contribution in [1.82, 2.24) is 14.7 Å². The lowest BCUT2D eigenvalue weighted by Crippen LogP contribution is -2.53. The zero-order valence-corrected chi connectivity index (χ0v) is 62.5. The van der Waals surface area contributed by atoms with E-state index in [1.807, 2.05) is 206 Å². The largest absolute Gasteiger partial charge is 0.494 e. The maximum absolute atomic E-state index is 14.7. The normalized spacial score (nSPS) is 24.5. The maximum Gasteiger partial charge on any atom is 0.494 e. The minimum atomic E-state index is -0.859. The van der Waals surface area contributed by atoms with Gasteiger partial charge in [0.1, 0.15) is 11.2 Å². The molecule has 5 amide bonds. The second-order valence-corrected chi connectivity index (χ2v) is 31.4. The molecule has 4 fully saturated rings. The van der Waals surface area contributed by atoms with Crippen molar-refractivity contribution in [3.8, 4) is 0 Å². The van der Waals surface area contributed by atoms with Crippen LogP contribution in [0, 0.1) is 31.6 Å². The fraction of sp³-hybridized carbons (Fsp3) is 0.487. The van der Waals surface area contributed by atoms with Gasteiger partial charge in [-0.05, 0) is 227 Å². The number of benzene rings is 6. The second kappa shape index (κ2) is 27.1. The van der Waals surface area contributed by atoms with E-state index in [0.717, 1.165) is 69.2 Å². The molecule has 0 saturated carbocycles. The molecule has 17 heteroatoms. The highest BCUT2D eigenvalue weighted by atomic mass is 79.9. The average molecular weight is 1380 g/mol. The van der Waals surface area contributed by atoms with Crippen LogP contribution in [0.3, 0.4) is 0 Å². The van der Waals surface area contributed by atoms with Gasteiger partial charge in [-0.15, -0.1) is 0 Å². The fourth-order valence-corrected chi connectivity index (χ4v) is 16.8. The van der Waals surface area contributed by atoms with Crippen molar-refractivity contribution < 1.29 is 42.8 Å². The number of hydrogen-bond acceptors (Lipinski definition) is 10. The van der Waals surface area contributed by atoms with E-state index in [-0.39, 0.29) is 59.9 Å². The van der Waals surface area contributed by atoms with Crippen molar-refractivity contribution >= 4 is 92.5 Å². The Labute approximate surface area is 585 Å². The van der Waals surface area contributed by atoms with Crippen LogP contribution >= 0.6 is 15.9 Å². The molecule has 97 heavy (non-hydrogen) atoms. The number of halogens is 1. The number of likely N-dealkylation sites (N-methyl/N-ethyl adjacent to an activating group) is 1.